The van der Waals surface area contributed by atoms with Gasteiger partial charge in [-0.3, -0.25) is 14.1 Å². The fourth-order valence-corrected chi connectivity index (χ4v) is 6.55. The summed E-state index contributed by atoms with van der Waals surface area (Å²) < 4.78 is 61.7. The van der Waals surface area contributed by atoms with Crippen molar-refractivity contribution < 1.29 is 36.9 Å². The lowest BCUT2D eigenvalue weighted by Crippen LogP contribution is -2.62. The minimum absolute atomic E-state index is 0.0359. The molecule has 2 N–H and O–H groups in total. The van der Waals surface area contributed by atoms with Gasteiger partial charge in [-0.1, -0.05) is 22.9 Å². The molecule has 36 heavy (non-hydrogen) atoms. The number of hydrogen-bond donors (Lipinski definition) is 2. The first-order valence-electron chi connectivity index (χ1n) is 11.4. The Morgan fingerprint density at radius 1 is 1.14 bits per heavy atom. The molecule has 0 aliphatic carbocycles. The zero-order valence-corrected chi connectivity index (χ0v) is 24.2. The highest BCUT2D eigenvalue weighted by molar-refractivity contribution is 9.10. The molecule has 2 rings (SSSR count). The molecule has 2 amide bonds. The van der Waals surface area contributed by atoms with Gasteiger partial charge in [0, 0.05) is 10.0 Å². The molecule has 1 aromatic carbocycles. The molecule has 1 aliphatic rings. The van der Waals surface area contributed by atoms with Crippen LogP contribution in [0.4, 0.5) is 18.4 Å². The van der Waals surface area contributed by atoms with E-state index in [1.165, 1.54) is 32.0 Å². The van der Waals surface area contributed by atoms with Crippen LogP contribution in [0.25, 0.3) is 0 Å². The Morgan fingerprint density at radius 3 is 2.06 bits per heavy atom. The van der Waals surface area contributed by atoms with Gasteiger partial charge in [0.25, 0.3) is 0 Å². The number of imide groups is 1. The molecule has 1 aromatic rings. The van der Waals surface area contributed by atoms with E-state index in [1.54, 1.807) is 41.5 Å². The first kappa shape index (κ1) is 30.5. The number of ether oxygens (including phenoxy) is 2. The minimum Gasteiger partial charge on any atom is -0.443 e. The molecule has 0 unspecified atom stereocenters. The van der Waals surface area contributed by atoms with Gasteiger partial charge in [0.05, 0.1) is 5.75 Å². The average Bonchev–Trinajstić information content (AvgIpc) is 2.67. The van der Waals surface area contributed by atoms with Crippen molar-refractivity contribution in [2.75, 3.05) is 12.4 Å². The summed E-state index contributed by atoms with van der Waals surface area (Å²) in [6, 6.07) is 4.03. The summed E-state index contributed by atoms with van der Waals surface area (Å²) in [5, 5.41) is 0. The largest absolute Gasteiger partial charge is 0.443 e. The van der Waals surface area contributed by atoms with Crippen LogP contribution in [0.15, 0.2) is 27.7 Å². The number of carbonyl (C=O) groups excluding carboxylic acids is 2. The zero-order chi connectivity index (χ0) is 27.9. The molecule has 0 saturated carbocycles. The molecule has 0 radical (unpaired) electrons. The summed E-state index contributed by atoms with van der Waals surface area (Å²) in [4.78, 5) is 31.6. The number of amides is 2. The standard InChI is InChI=1S/C24H35BrF2N2O6S/c1-9-24(13-26)18(29(19(30)34-21(2,3)4)20(31)35-22(5,6)7)28-23(8,14-36(24,32)33)16-12-15(25)10-11-17(16)27/h10-12,32-33H,9,13-14H2,1-8H3/t23-,24-/m0/s1. The van der Waals surface area contributed by atoms with Crippen molar-refractivity contribution in [3.63, 3.8) is 0 Å². The Morgan fingerprint density at radius 2 is 1.64 bits per heavy atom. The number of halogens is 3. The molecule has 0 saturated heterocycles. The average molecular weight is 598 g/mol. The predicted molar refractivity (Wildman–Crippen MR) is 140 cm³/mol. The van der Waals surface area contributed by atoms with Crippen molar-refractivity contribution in [3.8, 4) is 0 Å². The molecule has 8 nitrogen and oxygen atoms in total. The number of aliphatic imine (C=N–C) groups is 1. The Hall–Kier alpha value is -1.76. The number of alkyl halides is 1. The maximum absolute atomic E-state index is 15.0. The van der Waals surface area contributed by atoms with Gasteiger partial charge >= 0.3 is 12.2 Å². The molecule has 1 aliphatic heterocycles. The fraction of sp³-hybridized carbons (Fsp3) is 0.625. The van der Waals surface area contributed by atoms with E-state index in [-0.39, 0.29) is 12.0 Å². The SMILES string of the molecule is CC[C@]1(CF)C(N(C(=O)OC(C)(C)C)C(=O)OC(C)(C)C)=N[C@](C)(c2cc(Br)ccc2F)CS1(O)O. The van der Waals surface area contributed by atoms with Gasteiger partial charge in [-0.2, -0.15) is 15.5 Å². The zero-order valence-electron chi connectivity index (χ0n) is 21.8. The van der Waals surface area contributed by atoms with Crippen LogP contribution in [-0.2, 0) is 15.0 Å². The van der Waals surface area contributed by atoms with Crippen molar-refractivity contribution in [2.45, 2.75) is 83.3 Å². The summed E-state index contributed by atoms with van der Waals surface area (Å²) in [6.45, 7) is 10.9. The van der Waals surface area contributed by atoms with E-state index in [0.29, 0.717) is 9.37 Å². The van der Waals surface area contributed by atoms with Crippen LogP contribution in [0.3, 0.4) is 0 Å². The molecular weight excluding hydrogens is 562 g/mol. The van der Waals surface area contributed by atoms with E-state index < -0.39 is 68.3 Å². The molecule has 0 aromatic heterocycles. The Labute approximate surface area is 220 Å². The second kappa shape index (κ2) is 10.2. The number of hydrogen-bond acceptors (Lipinski definition) is 7. The van der Waals surface area contributed by atoms with Gasteiger partial charge in [-0.15, -0.1) is 0 Å². The molecule has 1 heterocycles. The van der Waals surface area contributed by atoms with Gasteiger partial charge in [0.15, 0.2) is 0 Å². The highest BCUT2D eigenvalue weighted by Crippen LogP contribution is 2.62. The summed E-state index contributed by atoms with van der Waals surface area (Å²) in [7, 11) is -3.96. The van der Waals surface area contributed by atoms with E-state index in [2.05, 4.69) is 20.9 Å². The number of carbonyl (C=O) groups is 2. The lowest BCUT2D eigenvalue weighted by Gasteiger charge is -2.56. The van der Waals surface area contributed by atoms with Crippen molar-refractivity contribution >= 4 is 44.5 Å². The van der Waals surface area contributed by atoms with Gasteiger partial charge in [-0.05, 0) is 73.1 Å². The second-order valence-electron chi connectivity index (χ2n) is 10.9. The van der Waals surface area contributed by atoms with Gasteiger partial charge in [0.2, 0.25) is 0 Å². The van der Waals surface area contributed by atoms with E-state index in [9.17, 15) is 27.5 Å². The first-order valence-corrected chi connectivity index (χ1v) is 13.9. The third kappa shape index (κ3) is 6.20. The maximum atomic E-state index is 15.0. The molecule has 2 atom stereocenters. The second-order valence-corrected chi connectivity index (χ2v) is 14.2. The van der Waals surface area contributed by atoms with Gasteiger partial charge < -0.3 is 9.47 Å². The highest BCUT2D eigenvalue weighted by Gasteiger charge is 2.59. The van der Waals surface area contributed by atoms with Crippen LogP contribution in [0.1, 0.15) is 67.4 Å². The third-order valence-corrected chi connectivity index (χ3v) is 8.82. The Bertz CT molecular complexity index is 1020. The highest BCUT2D eigenvalue weighted by atomic mass is 79.9. The Balaban J connectivity index is 2.92. The lowest BCUT2D eigenvalue weighted by atomic mass is 9.92. The predicted octanol–water partition coefficient (Wildman–Crippen LogP) is 7.26. The first-order chi connectivity index (χ1) is 16.2. The van der Waals surface area contributed by atoms with Crippen LogP contribution in [0, 0.1) is 5.82 Å². The number of benzene rings is 1. The van der Waals surface area contributed by atoms with Gasteiger partial charge in [-0.25, -0.2) is 18.4 Å². The van der Waals surface area contributed by atoms with Crippen LogP contribution in [0.5, 0.6) is 0 Å². The fourth-order valence-electron chi connectivity index (χ4n) is 3.84. The van der Waals surface area contributed by atoms with Crippen LogP contribution >= 0.6 is 26.5 Å². The minimum atomic E-state index is -3.96. The van der Waals surface area contributed by atoms with Crippen LogP contribution in [-0.4, -0.2) is 60.4 Å². The smallest absolute Gasteiger partial charge is 0.425 e. The van der Waals surface area contributed by atoms with Crippen molar-refractivity contribution in [1.82, 2.24) is 4.90 Å². The molecule has 0 spiro atoms. The van der Waals surface area contributed by atoms with E-state index in [1.807, 2.05) is 0 Å². The summed E-state index contributed by atoms with van der Waals surface area (Å²) in [5.41, 5.74) is -3.86. The lowest BCUT2D eigenvalue weighted by molar-refractivity contribution is 0.0136. The van der Waals surface area contributed by atoms with Crippen molar-refractivity contribution in [2.24, 2.45) is 4.99 Å². The monoisotopic (exact) mass is 596 g/mol. The van der Waals surface area contributed by atoms with Crippen LogP contribution < -0.4 is 0 Å². The summed E-state index contributed by atoms with van der Waals surface area (Å²) >= 11 is 3.27. The quantitative estimate of drug-likeness (QED) is 0.380. The number of nitrogens with zero attached hydrogens (tertiary/aromatic N) is 2. The molecule has 12 heteroatoms. The van der Waals surface area contributed by atoms with Crippen molar-refractivity contribution in [3.05, 3.63) is 34.1 Å². The summed E-state index contributed by atoms with van der Waals surface area (Å²) in [5.74, 6) is -1.83. The van der Waals surface area contributed by atoms with E-state index >= 15 is 0 Å². The molecule has 0 bridgehead atoms. The molecule has 204 valence electrons. The normalized spacial score (nSPS) is 25.0. The van der Waals surface area contributed by atoms with Gasteiger partial charge in [0.1, 0.15) is 39.8 Å². The Kier molecular flexibility index (Phi) is 8.62. The van der Waals surface area contributed by atoms with E-state index in [0.717, 1.165) is 0 Å². The molecular formula is C24H35BrF2N2O6S. The summed E-state index contributed by atoms with van der Waals surface area (Å²) in [6.07, 6.45) is -2.71. The third-order valence-electron chi connectivity index (χ3n) is 5.53. The van der Waals surface area contributed by atoms with E-state index in [4.69, 9.17) is 9.47 Å². The number of amidine groups is 1. The molecule has 0 fully saturated rings. The number of rotatable bonds is 3. The van der Waals surface area contributed by atoms with Crippen LogP contribution in [0.2, 0.25) is 0 Å². The maximum Gasteiger partial charge on any atom is 0.425 e. The van der Waals surface area contributed by atoms with Crippen molar-refractivity contribution in [1.29, 1.82) is 0 Å². The topological polar surface area (TPSA) is 109 Å².